The fourth-order valence-corrected chi connectivity index (χ4v) is 2.55. The first kappa shape index (κ1) is 14.3. The Balaban J connectivity index is 2.25. The minimum absolute atomic E-state index is 0.123. The summed E-state index contributed by atoms with van der Waals surface area (Å²) >= 11 is 3.57. The molecule has 2 aromatic rings. The molecular formula is C16H19BrN2. The first-order valence-electron chi connectivity index (χ1n) is 6.38. The Morgan fingerprint density at radius 2 is 1.84 bits per heavy atom. The van der Waals surface area contributed by atoms with Crippen molar-refractivity contribution in [1.82, 2.24) is 5.43 Å². The lowest BCUT2D eigenvalue weighted by Gasteiger charge is -2.18. The summed E-state index contributed by atoms with van der Waals surface area (Å²) in [7, 11) is 0. The van der Waals surface area contributed by atoms with Crippen molar-refractivity contribution in [3.63, 3.8) is 0 Å². The second kappa shape index (κ2) is 6.33. The first-order chi connectivity index (χ1) is 9.11. The zero-order valence-corrected chi connectivity index (χ0v) is 12.9. The summed E-state index contributed by atoms with van der Waals surface area (Å²) in [5.74, 6) is 5.73. The van der Waals surface area contributed by atoms with E-state index in [1.165, 1.54) is 22.3 Å². The molecule has 0 aromatic heterocycles. The average molecular weight is 319 g/mol. The number of rotatable bonds is 4. The monoisotopic (exact) mass is 318 g/mol. The Hall–Kier alpha value is -1.16. The Kier molecular flexibility index (Phi) is 4.75. The van der Waals surface area contributed by atoms with E-state index in [1.807, 2.05) is 0 Å². The molecule has 3 N–H and O–H groups in total. The maximum atomic E-state index is 5.73. The van der Waals surface area contributed by atoms with Gasteiger partial charge in [0.15, 0.2) is 0 Å². The van der Waals surface area contributed by atoms with E-state index in [4.69, 9.17) is 5.84 Å². The van der Waals surface area contributed by atoms with Crippen molar-refractivity contribution in [2.45, 2.75) is 26.3 Å². The highest BCUT2D eigenvalue weighted by Gasteiger charge is 2.12. The number of hydrogen-bond donors (Lipinski definition) is 2. The van der Waals surface area contributed by atoms with Gasteiger partial charge in [-0.05, 0) is 48.6 Å². The maximum Gasteiger partial charge on any atom is 0.0500 e. The summed E-state index contributed by atoms with van der Waals surface area (Å²) in [6, 6.07) is 14.9. The van der Waals surface area contributed by atoms with Crippen LogP contribution in [0.1, 0.15) is 28.3 Å². The Morgan fingerprint density at radius 3 is 2.47 bits per heavy atom. The Labute approximate surface area is 123 Å². The van der Waals surface area contributed by atoms with Crippen LogP contribution in [0.15, 0.2) is 46.9 Å². The number of hydrazine groups is 1. The molecule has 2 rings (SSSR count). The summed E-state index contributed by atoms with van der Waals surface area (Å²) in [6.07, 6.45) is 0.888. The molecule has 0 aliphatic heterocycles. The van der Waals surface area contributed by atoms with E-state index in [2.05, 4.69) is 77.7 Å². The van der Waals surface area contributed by atoms with Crippen LogP contribution in [0.25, 0.3) is 0 Å². The molecule has 0 bridgehead atoms. The van der Waals surface area contributed by atoms with Crippen LogP contribution in [0.5, 0.6) is 0 Å². The minimum atomic E-state index is 0.123. The molecule has 100 valence electrons. The standard InChI is InChI=1S/C16H19BrN2/c1-11-5-3-4-6-13(11)10-16(19-18)14-8-7-12(2)15(17)9-14/h3-9,16,19H,10,18H2,1-2H3. The van der Waals surface area contributed by atoms with Crippen molar-refractivity contribution in [2.24, 2.45) is 5.84 Å². The molecule has 1 unspecified atom stereocenters. The third-order valence-corrected chi connectivity index (χ3v) is 4.34. The molecule has 0 spiro atoms. The second-order valence-corrected chi connectivity index (χ2v) is 5.71. The SMILES string of the molecule is Cc1ccc(C(Cc2ccccc2C)NN)cc1Br. The van der Waals surface area contributed by atoms with Gasteiger partial charge in [-0.1, -0.05) is 52.3 Å². The summed E-state index contributed by atoms with van der Waals surface area (Å²) in [5.41, 5.74) is 7.97. The van der Waals surface area contributed by atoms with Gasteiger partial charge in [0.1, 0.15) is 0 Å². The maximum absolute atomic E-state index is 5.73. The van der Waals surface area contributed by atoms with Crippen molar-refractivity contribution < 1.29 is 0 Å². The van der Waals surface area contributed by atoms with E-state index in [0.717, 1.165) is 10.9 Å². The molecule has 0 radical (unpaired) electrons. The van der Waals surface area contributed by atoms with Crippen molar-refractivity contribution in [3.8, 4) is 0 Å². The van der Waals surface area contributed by atoms with Crippen LogP contribution in [0.3, 0.4) is 0 Å². The van der Waals surface area contributed by atoms with Crippen molar-refractivity contribution in [2.75, 3.05) is 0 Å². The predicted molar refractivity (Wildman–Crippen MR) is 83.8 cm³/mol. The van der Waals surface area contributed by atoms with Crippen LogP contribution in [-0.4, -0.2) is 0 Å². The van der Waals surface area contributed by atoms with Gasteiger partial charge in [-0.25, -0.2) is 0 Å². The third kappa shape index (κ3) is 3.44. The zero-order chi connectivity index (χ0) is 13.8. The van der Waals surface area contributed by atoms with Crippen LogP contribution in [-0.2, 0) is 6.42 Å². The fourth-order valence-electron chi connectivity index (χ4n) is 2.16. The molecule has 0 saturated heterocycles. The highest BCUT2D eigenvalue weighted by Crippen LogP contribution is 2.24. The van der Waals surface area contributed by atoms with Gasteiger partial charge < -0.3 is 0 Å². The molecule has 0 aliphatic rings. The topological polar surface area (TPSA) is 38.0 Å². The van der Waals surface area contributed by atoms with E-state index in [1.54, 1.807) is 0 Å². The van der Waals surface area contributed by atoms with Crippen molar-refractivity contribution >= 4 is 15.9 Å². The van der Waals surface area contributed by atoms with E-state index in [-0.39, 0.29) is 6.04 Å². The third-order valence-electron chi connectivity index (χ3n) is 3.48. The molecule has 0 aliphatic carbocycles. The van der Waals surface area contributed by atoms with Gasteiger partial charge in [-0.3, -0.25) is 11.3 Å². The number of halogens is 1. The van der Waals surface area contributed by atoms with Crippen LogP contribution in [0.2, 0.25) is 0 Å². The molecule has 1 atom stereocenters. The van der Waals surface area contributed by atoms with Gasteiger partial charge in [-0.2, -0.15) is 0 Å². The van der Waals surface area contributed by atoms with E-state index >= 15 is 0 Å². The summed E-state index contributed by atoms with van der Waals surface area (Å²) in [5, 5.41) is 0. The number of nitrogens with two attached hydrogens (primary N) is 1. The predicted octanol–water partition coefficient (Wildman–Crippen LogP) is 3.81. The molecule has 19 heavy (non-hydrogen) atoms. The smallest absolute Gasteiger partial charge is 0.0500 e. The Bertz CT molecular complexity index is 566. The molecule has 0 saturated carbocycles. The van der Waals surface area contributed by atoms with Gasteiger partial charge in [0, 0.05) is 4.47 Å². The van der Waals surface area contributed by atoms with Crippen LogP contribution in [0.4, 0.5) is 0 Å². The quantitative estimate of drug-likeness (QED) is 0.664. The molecule has 0 fully saturated rings. The molecule has 3 heteroatoms. The Morgan fingerprint density at radius 1 is 1.11 bits per heavy atom. The van der Waals surface area contributed by atoms with Crippen LogP contribution in [0, 0.1) is 13.8 Å². The van der Waals surface area contributed by atoms with Crippen LogP contribution >= 0.6 is 15.9 Å². The van der Waals surface area contributed by atoms with E-state index in [9.17, 15) is 0 Å². The van der Waals surface area contributed by atoms with Gasteiger partial charge in [0.2, 0.25) is 0 Å². The number of nitrogens with one attached hydrogen (secondary N) is 1. The average Bonchev–Trinajstić information content (AvgIpc) is 2.41. The molecular weight excluding hydrogens is 300 g/mol. The van der Waals surface area contributed by atoms with Gasteiger partial charge in [-0.15, -0.1) is 0 Å². The summed E-state index contributed by atoms with van der Waals surface area (Å²) in [4.78, 5) is 0. The molecule has 0 heterocycles. The van der Waals surface area contributed by atoms with Gasteiger partial charge in [0.25, 0.3) is 0 Å². The summed E-state index contributed by atoms with van der Waals surface area (Å²) in [6.45, 7) is 4.22. The normalized spacial score (nSPS) is 12.4. The van der Waals surface area contributed by atoms with Crippen molar-refractivity contribution in [3.05, 3.63) is 69.2 Å². The second-order valence-electron chi connectivity index (χ2n) is 4.86. The van der Waals surface area contributed by atoms with E-state index < -0.39 is 0 Å². The summed E-state index contributed by atoms with van der Waals surface area (Å²) < 4.78 is 1.12. The lowest BCUT2D eigenvalue weighted by atomic mass is 9.96. The van der Waals surface area contributed by atoms with Gasteiger partial charge >= 0.3 is 0 Å². The number of hydrogen-bond acceptors (Lipinski definition) is 2. The largest absolute Gasteiger partial charge is 0.271 e. The van der Waals surface area contributed by atoms with Gasteiger partial charge in [0.05, 0.1) is 6.04 Å². The van der Waals surface area contributed by atoms with Crippen LogP contribution < -0.4 is 11.3 Å². The zero-order valence-electron chi connectivity index (χ0n) is 11.3. The lowest BCUT2D eigenvalue weighted by molar-refractivity contribution is 0.550. The molecule has 0 amide bonds. The van der Waals surface area contributed by atoms with E-state index in [0.29, 0.717) is 0 Å². The van der Waals surface area contributed by atoms with Crippen molar-refractivity contribution in [1.29, 1.82) is 0 Å². The highest BCUT2D eigenvalue weighted by molar-refractivity contribution is 9.10. The number of aryl methyl sites for hydroxylation is 2. The first-order valence-corrected chi connectivity index (χ1v) is 7.18. The highest BCUT2D eigenvalue weighted by atomic mass is 79.9. The molecule has 2 aromatic carbocycles. The molecule has 2 nitrogen and oxygen atoms in total. The lowest BCUT2D eigenvalue weighted by Crippen LogP contribution is -2.29. The minimum Gasteiger partial charge on any atom is -0.271 e. The number of benzene rings is 2. The fraction of sp³-hybridized carbons (Fsp3) is 0.250.